The average molecular weight is 2180 g/mol. The number of hydrogen-bond acceptors (Lipinski definition) is 18. The quantitative estimate of drug-likeness (QED) is 0.0351. The Labute approximate surface area is 594 Å². The van der Waals surface area contributed by atoms with E-state index in [1.165, 1.54) is 34.0 Å². The van der Waals surface area contributed by atoms with Crippen molar-refractivity contribution < 1.29 is 90.4 Å². The minimum absolute atomic E-state index is 0. The van der Waals surface area contributed by atoms with Gasteiger partial charge in [-0.3, -0.25) is 19.2 Å². The number of carbonyl (C=O) groups excluding carboxylic acids is 5. The van der Waals surface area contributed by atoms with Crippen LogP contribution in [0.15, 0.2) is 43.6 Å². The van der Waals surface area contributed by atoms with E-state index in [1.54, 1.807) is 52.0 Å². The molecule has 1 radical (unpaired) electrons. The molecule has 4 aromatic heterocycles. The van der Waals surface area contributed by atoms with E-state index >= 15 is 0 Å². The summed E-state index contributed by atoms with van der Waals surface area (Å²) in [7, 11) is 0.628. The minimum atomic E-state index is -0.988. The van der Waals surface area contributed by atoms with Gasteiger partial charge in [0.05, 0.1) is 44.8 Å². The predicted octanol–water partition coefficient (Wildman–Crippen LogP) is 10.2. The van der Waals surface area contributed by atoms with Crippen molar-refractivity contribution in [1.82, 2.24) is 46.1 Å². The number of thiazole rings is 4. The second-order valence-corrected chi connectivity index (χ2v) is 75.9. The van der Waals surface area contributed by atoms with Crippen LogP contribution >= 0.6 is 213 Å². The van der Waals surface area contributed by atoms with Crippen LogP contribution in [0.3, 0.4) is 0 Å². The van der Waals surface area contributed by atoms with Crippen molar-refractivity contribution in [2.24, 2.45) is 11.5 Å². The summed E-state index contributed by atoms with van der Waals surface area (Å²) in [5.41, 5.74) is 21.3. The zero-order valence-electron chi connectivity index (χ0n) is 41.6. The van der Waals surface area contributed by atoms with Gasteiger partial charge in [-0.2, -0.15) is 6.42 Å². The number of carboxylic acids is 1. The van der Waals surface area contributed by atoms with Crippen LogP contribution in [0.2, 0.25) is 0 Å². The zero-order chi connectivity index (χ0) is 55.0. The molecule has 7 rings (SSSR count). The van der Waals surface area contributed by atoms with Gasteiger partial charge < -0.3 is 67.1 Å². The largest absolute Gasteiger partial charge is 0 e. The fourth-order valence-corrected chi connectivity index (χ4v) is 8.24. The molecule has 3 saturated heterocycles. The van der Waals surface area contributed by atoms with E-state index in [0.717, 1.165) is 42.0 Å². The first kappa shape index (κ1) is 83.2. The number of ether oxygens (including phenoxy) is 2. The number of amides is 5. The molecule has 0 bridgehead atoms. The van der Waals surface area contributed by atoms with Crippen LogP contribution in [-0.2, 0) is 101 Å². The molecule has 9 N–H and O–H groups in total. The number of aliphatic carboxylic acids is 1. The summed E-state index contributed by atoms with van der Waals surface area (Å²) in [6, 6.07) is -2.78. The number of alkyl halides is 3. The summed E-state index contributed by atoms with van der Waals surface area (Å²) < 4.78 is 10.5. The molecule has 20 nitrogen and oxygen atoms in total. The number of nitrogens with one attached hydrogen (secondary N) is 4. The number of alkyl carbamates (subject to hydrolysis) is 2. The molecule has 76 heavy (non-hydrogen) atoms. The molecule has 3 fully saturated rings. The Morgan fingerprint density at radius 3 is 1.46 bits per heavy atom. The van der Waals surface area contributed by atoms with Crippen molar-refractivity contribution in [3.63, 3.8) is 0 Å². The van der Waals surface area contributed by atoms with Crippen LogP contribution in [0, 0.1) is 21.4 Å². The fraction of sp³-hybridized carbons (Fsp3) is 0.488. The minimum Gasteiger partial charge on any atom is 0 e. The number of cyclic esters (lactones) is 2. The topological polar surface area (TPSA) is 296 Å². The van der Waals surface area contributed by atoms with Gasteiger partial charge in [0.25, 0.3) is 0 Å². The molecule has 428 valence electrons. The monoisotopic (exact) mass is 2180 g/mol. The van der Waals surface area contributed by atoms with E-state index in [-0.39, 0.29) is 76.4 Å². The summed E-state index contributed by atoms with van der Waals surface area (Å²) >= 11 is 25.1. The molecule has 4 aromatic rings. The van der Waals surface area contributed by atoms with Gasteiger partial charge in [0.1, 0.15) is 36.3 Å². The standard InChI is InChI=1S/C15H19N4O4S.C11H15N3O3S.C6H8N2O2S.C6H10N2S.CHI3.2CH3.5HI.2V.Y/c1-9-12(18-15(22)23-9)13(20)17-11(6-10-7-24-8-16-10)14(21)19-4-2-3-5-19;1-6(3-8-4-18-5-12-8)13-10(15)9-7(2)17-11(16)14-9;7-5(6(9)10)1-4-2-11-3-8-4;1-5(7)2-6-3-9-4-8-6;2-1(3)4;;;;;;;;;;/h4,7-9,11-12H,2-3,5-6H2,1H3,(H,17,20)(H,18,22);4-7,9H,3H2,1-2H3,(H,13,15)(H,14,16);2-3,5H,1,7H2,(H,9,10);3-5H,2,7H2,1H3;1H;2*1H3;5*1H;;;/q-1;;;;;2*-1;;;;;;+2;+3;/p-5/t9-,11+,12?;6-,7-,9?;2*5-;;;;;;;;;;;/m0001.........../s1. The van der Waals surface area contributed by atoms with Crippen molar-refractivity contribution in [3.8, 4) is 0 Å². The van der Waals surface area contributed by atoms with Crippen LogP contribution in [0.25, 0.3) is 0 Å². The number of carboxylic acid groups (broad SMARTS) is 1. The van der Waals surface area contributed by atoms with Gasteiger partial charge in [0.15, 0.2) is 0 Å². The predicted molar refractivity (Wildman–Crippen MR) is 362 cm³/mol. The van der Waals surface area contributed by atoms with Crippen molar-refractivity contribution >= 4 is 249 Å². The molecule has 0 spiro atoms. The number of hydrogen-bond donors (Lipinski definition) is 7. The Bertz CT molecular complexity index is 2150. The second kappa shape index (κ2) is 49.1. The molecule has 3 aliphatic rings. The number of rotatable bonds is 14. The van der Waals surface area contributed by atoms with Crippen LogP contribution in [0.1, 0.15) is 63.3 Å². The van der Waals surface area contributed by atoms with Crippen molar-refractivity contribution in [1.29, 1.82) is 0 Å². The third-order valence-corrected chi connectivity index (χ3v) is 11.6. The molecule has 5 amide bonds. The Hall–Kier alpha value is 2.97. The first-order valence-corrected chi connectivity index (χ1v) is 51.0. The van der Waals surface area contributed by atoms with Crippen LogP contribution < -0.4 is 32.7 Å². The van der Waals surface area contributed by atoms with Crippen molar-refractivity contribution in [2.75, 3.05) is 6.54 Å². The molecule has 8 atom stereocenters. The summed E-state index contributed by atoms with van der Waals surface area (Å²) in [5.74, 6) is -1.80. The van der Waals surface area contributed by atoms with E-state index in [1.807, 2.05) is 42.0 Å². The van der Waals surface area contributed by atoms with Gasteiger partial charge in [0.2, 0.25) is 17.7 Å². The van der Waals surface area contributed by atoms with Gasteiger partial charge in [-0.1, -0.05) is 74.2 Å². The van der Waals surface area contributed by atoms with Gasteiger partial charge >= 0.3 is 132 Å². The van der Waals surface area contributed by atoms with Crippen LogP contribution in [0.5, 0.6) is 0 Å². The Kier molecular flexibility index (Phi) is 53.8. The third kappa shape index (κ3) is 39.6. The molecule has 3 aliphatic heterocycles. The Balaban J connectivity index is -0.000000907. The molecule has 0 aromatic carbocycles. The number of likely N-dealkylation sites (tertiary alicyclic amines) is 1. The molecule has 0 aliphatic carbocycles. The first-order valence-electron chi connectivity index (χ1n) is 21.0. The molecule has 2 unspecified atom stereocenters. The summed E-state index contributed by atoms with van der Waals surface area (Å²) in [4.78, 5) is 87.3. The summed E-state index contributed by atoms with van der Waals surface area (Å²) in [6.45, 7) is 9.72. The van der Waals surface area contributed by atoms with E-state index < -0.39 is 60.4 Å². The van der Waals surface area contributed by atoms with Gasteiger partial charge in [-0.05, 0) is 34.2 Å². The Morgan fingerprint density at radius 1 is 0.776 bits per heavy atom. The number of carbonyl (C=O) groups is 6. The van der Waals surface area contributed by atoms with E-state index in [0.29, 0.717) is 35.3 Å². The molecular weight excluding hydrogens is 2120 g/mol. The maximum Gasteiger partial charge on any atom is 0 e. The van der Waals surface area contributed by atoms with Gasteiger partial charge in [-0.15, -0.1) is 45.3 Å². The maximum atomic E-state index is 12.7. The summed E-state index contributed by atoms with van der Waals surface area (Å²) in [5, 5.41) is 26.6. The van der Waals surface area contributed by atoms with E-state index in [9.17, 15) is 28.8 Å². The number of nitrogens with two attached hydrogens (primary N) is 2. The van der Waals surface area contributed by atoms with Crippen LogP contribution in [-0.4, -0.2) is 121 Å². The molecular formula is C41H59I8N11O9S4V2Y-3. The number of halogens is 8. The number of aromatic nitrogens is 4. The second-order valence-electron chi connectivity index (χ2n) is 15.0. The zero-order valence-corrected chi connectivity index (χ0v) is 67.7. The SMILES string of the molecule is C[C@@H](N)Cc1cscn1.C[C@@H]1OC(=O)NC1C(=O)N[C@@H](C)Cc1cscn1.C[C@@H]1OC(=O)NC1C(=O)N[C@H](Cc1cscn1)C(=O)N1[CH-]CCC1.IC(I)I.N[C@@H](Cc1cscn1)C(=O)O.[CH3-].[CH3-].[I][V]([I])[I].[I][V][I].[Y]. The summed E-state index contributed by atoms with van der Waals surface area (Å²) in [6.07, 6.45) is 1.77. The maximum absolute atomic E-state index is 12.7. The first-order chi connectivity index (χ1) is 34.5. The average Bonchev–Trinajstić information content (AvgIpc) is 4.15. The van der Waals surface area contributed by atoms with Gasteiger partial charge in [-0.25, -0.2) is 36.1 Å². The smallest absolute Gasteiger partial charge is 0 e. The van der Waals surface area contributed by atoms with Gasteiger partial charge in [0, 0.05) is 92.0 Å². The fourth-order valence-electron chi connectivity index (χ4n) is 5.95. The van der Waals surface area contributed by atoms with E-state index in [2.05, 4.69) is 209 Å². The Morgan fingerprint density at radius 2 is 1.14 bits per heavy atom. The number of nitrogens with zero attached hydrogens (tertiary/aromatic N) is 5. The normalized spacial score (nSPS) is 18.0. The molecule has 0 saturated carbocycles. The molecule has 7 heterocycles. The van der Waals surface area contributed by atoms with Crippen molar-refractivity contribution in [3.05, 3.63) is 87.7 Å². The third-order valence-electron chi connectivity index (χ3n) is 9.02. The van der Waals surface area contributed by atoms with E-state index in [4.69, 9.17) is 26.0 Å². The van der Waals surface area contributed by atoms with Crippen molar-refractivity contribution in [2.45, 2.75) is 115 Å². The molecule has 35 heteroatoms. The van der Waals surface area contributed by atoms with Crippen LogP contribution in [0.4, 0.5) is 9.59 Å².